The van der Waals surface area contributed by atoms with Crippen molar-refractivity contribution in [1.82, 2.24) is 0 Å². The molecule has 1 aromatic carbocycles. The first-order valence-electron chi connectivity index (χ1n) is 5.62. The van der Waals surface area contributed by atoms with E-state index >= 15 is 0 Å². The molecule has 1 aromatic rings. The molecule has 1 fully saturated rings. The van der Waals surface area contributed by atoms with Crippen molar-refractivity contribution in [2.45, 2.75) is 25.2 Å². The third-order valence-corrected chi connectivity index (χ3v) is 4.49. The summed E-state index contributed by atoms with van der Waals surface area (Å²) in [5.41, 5.74) is 9.03. The molecule has 1 aliphatic rings. The zero-order chi connectivity index (χ0) is 10.7. The van der Waals surface area contributed by atoms with Gasteiger partial charge in [0.15, 0.2) is 0 Å². The molecular weight excluding hydrogens is 202 g/mol. The summed E-state index contributed by atoms with van der Waals surface area (Å²) in [5.74, 6) is 2.51. The molecule has 0 unspecified atom stereocenters. The minimum Gasteiger partial charge on any atom is -0.330 e. The summed E-state index contributed by atoms with van der Waals surface area (Å²) in [4.78, 5) is 0. The van der Waals surface area contributed by atoms with Crippen LogP contribution in [0.4, 0.5) is 0 Å². The Morgan fingerprint density at radius 2 is 1.80 bits per heavy atom. The lowest BCUT2D eigenvalue weighted by Crippen LogP contribution is -2.38. The lowest BCUT2D eigenvalue weighted by Gasteiger charge is -2.36. The van der Waals surface area contributed by atoms with Crippen LogP contribution in [0, 0.1) is 6.92 Å². The maximum absolute atomic E-state index is 6.00. The second-order valence-corrected chi connectivity index (χ2v) is 5.69. The Kier molecular flexibility index (Phi) is 3.37. The summed E-state index contributed by atoms with van der Waals surface area (Å²) in [6.07, 6.45) is 2.47. The van der Waals surface area contributed by atoms with Crippen molar-refractivity contribution in [2.75, 3.05) is 18.1 Å². The summed E-state index contributed by atoms with van der Waals surface area (Å²) in [7, 11) is 0. The van der Waals surface area contributed by atoms with E-state index in [9.17, 15) is 0 Å². The topological polar surface area (TPSA) is 26.0 Å². The number of thioether (sulfide) groups is 1. The van der Waals surface area contributed by atoms with Gasteiger partial charge in [-0.3, -0.25) is 0 Å². The van der Waals surface area contributed by atoms with Gasteiger partial charge in [0.2, 0.25) is 0 Å². The number of benzene rings is 1. The monoisotopic (exact) mass is 221 g/mol. The fourth-order valence-corrected chi connectivity index (χ4v) is 3.55. The van der Waals surface area contributed by atoms with Crippen LogP contribution in [-0.2, 0) is 5.41 Å². The molecule has 0 spiro atoms. The molecule has 0 saturated carbocycles. The minimum absolute atomic E-state index is 0.263. The zero-order valence-electron chi connectivity index (χ0n) is 9.33. The normalized spacial score (nSPS) is 20.1. The van der Waals surface area contributed by atoms with E-state index in [-0.39, 0.29) is 5.41 Å². The van der Waals surface area contributed by atoms with Crippen LogP contribution in [0.3, 0.4) is 0 Å². The van der Waals surface area contributed by atoms with Gasteiger partial charge in [0, 0.05) is 12.0 Å². The highest BCUT2D eigenvalue weighted by molar-refractivity contribution is 7.99. The average molecular weight is 221 g/mol. The summed E-state index contributed by atoms with van der Waals surface area (Å²) < 4.78 is 0. The number of hydrogen-bond donors (Lipinski definition) is 1. The third kappa shape index (κ3) is 2.21. The van der Waals surface area contributed by atoms with Gasteiger partial charge in [-0.05, 0) is 36.8 Å². The van der Waals surface area contributed by atoms with Crippen LogP contribution in [0.1, 0.15) is 24.0 Å². The van der Waals surface area contributed by atoms with Crippen LogP contribution < -0.4 is 5.73 Å². The van der Waals surface area contributed by atoms with Gasteiger partial charge in [-0.1, -0.05) is 29.8 Å². The Labute approximate surface area is 96.4 Å². The summed E-state index contributed by atoms with van der Waals surface area (Å²) >= 11 is 2.05. The molecule has 0 atom stereocenters. The van der Waals surface area contributed by atoms with Crippen LogP contribution in [0.2, 0.25) is 0 Å². The van der Waals surface area contributed by atoms with Gasteiger partial charge in [-0.15, -0.1) is 0 Å². The molecule has 2 heteroatoms. The Morgan fingerprint density at radius 3 is 2.33 bits per heavy atom. The van der Waals surface area contributed by atoms with Crippen LogP contribution in [-0.4, -0.2) is 18.1 Å². The van der Waals surface area contributed by atoms with Crippen LogP contribution in [0.15, 0.2) is 24.3 Å². The first kappa shape index (κ1) is 11.0. The van der Waals surface area contributed by atoms with E-state index in [1.165, 1.54) is 35.5 Å². The molecule has 0 amide bonds. The minimum atomic E-state index is 0.263. The largest absolute Gasteiger partial charge is 0.330 e. The van der Waals surface area contributed by atoms with Crippen LogP contribution >= 0.6 is 11.8 Å². The standard InChI is InChI=1S/C13H19NS/c1-11-2-4-12(5-3-11)13(10-14)6-8-15-9-7-13/h2-5H,6-10,14H2,1H3. The van der Waals surface area contributed by atoms with E-state index in [0.717, 1.165) is 6.54 Å². The Bertz CT molecular complexity index is 312. The average Bonchev–Trinajstić information content (AvgIpc) is 2.31. The molecule has 1 saturated heterocycles. The molecule has 0 aromatic heterocycles. The Balaban J connectivity index is 2.28. The number of aryl methyl sites for hydroxylation is 1. The molecule has 1 aliphatic heterocycles. The molecule has 1 nitrogen and oxygen atoms in total. The van der Waals surface area contributed by atoms with Gasteiger partial charge in [-0.2, -0.15) is 11.8 Å². The van der Waals surface area contributed by atoms with Gasteiger partial charge >= 0.3 is 0 Å². The van der Waals surface area contributed by atoms with Crippen LogP contribution in [0.25, 0.3) is 0 Å². The van der Waals surface area contributed by atoms with Gasteiger partial charge in [0.25, 0.3) is 0 Å². The van der Waals surface area contributed by atoms with Crippen molar-refractivity contribution in [2.24, 2.45) is 5.73 Å². The van der Waals surface area contributed by atoms with Gasteiger partial charge in [0.05, 0.1) is 0 Å². The first-order chi connectivity index (χ1) is 7.27. The quantitative estimate of drug-likeness (QED) is 0.831. The molecule has 82 valence electrons. The Hall–Kier alpha value is -0.470. The molecule has 0 bridgehead atoms. The summed E-state index contributed by atoms with van der Waals surface area (Å²) in [5, 5.41) is 0. The third-order valence-electron chi connectivity index (χ3n) is 3.50. The van der Waals surface area contributed by atoms with Crippen molar-refractivity contribution >= 4 is 11.8 Å². The maximum Gasteiger partial charge on any atom is 0.00912 e. The summed E-state index contributed by atoms with van der Waals surface area (Å²) in [6.45, 7) is 2.92. The van der Waals surface area contributed by atoms with Crippen molar-refractivity contribution < 1.29 is 0 Å². The van der Waals surface area contributed by atoms with Gasteiger partial charge < -0.3 is 5.73 Å². The van der Waals surface area contributed by atoms with Crippen molar-refractivity contribution in [3.63, 3.8) is 0 Å². The smallest absolute Gasteiger partial charge is 0.00912 e. The highest BCUT2D eigenvalue weighted by Crippen LogP contribution is 2.37. The van der Waals surface area contributed by atoms with Gasteiger partial charge in [-0.25, -0.2) is 0 Å². The van der Waals surface area contributed by atoms with E-state index in [1.807, 2.05) is 0 Å². The molecular formula is C13H19NS. The zero-order valence-corrected chi connectivity index (χ0v) is 10.1. The van der Waals surface area contributed by atoms with E-state index in [2.05, 4.69) is 43.0 Å². The molecule has 2 rings (SSSR count). The maximum atomic E-state index is 6.00. The number of nitrogens with two attached hydrogens (primary N) is 1. The van der Waals surface area contributed by atoms with Crippen molar-refractivity contribution in [3.8, 4) is 0 Å². The lowest BCUT2D eigenvalue weighted by molar-refractivity contribution is 0.405. The fraction of sp³-hybridized carbons (Fsp3) is 0.538. The Morgan fingerprint density at radius 1 is 1.20 bits per heavy atom. The first-order valence-corrected chi connectivity index (χ1v) is 6.77. The highest BCUT2D eigenvalue weighted by atomic mass is 32.2. The van der Waals surface area contributed by atoms with Crippen LogP contribution in [0.5, 0.6) is 0 Å². The van der Waals surface area contributed by atoms with E-state index in [0.29, 0.717) is 0 Å². The molecule has 0 radical (unpaired) electrons. The predicted molar refractivity (Wildman–Crippen MR) is 68.5 cm³/mol. The molecule has 15 heavy (non-hydrogen) atoms. The van der Waals surface area contributed by atoms with E-state index < -0.39 is 0 Å². The van der Waals surface area contributed by atoms with Gasteiger partial charge in [0.1, 0.15) is 0 Å². The number of rotatable bonds is 2. The second-order valence-electron chi connectivity index (χ2n) is 4.46. The molecule has 0 aliphatic carbocycles. The SMILES string of the molecule is Cc1ccc(C2(CN)CCSCC2)cc1. The van der Waals surface area contributed by atoms with E-state index in [4.69, 9.17) is 5.73 Å². The fourth-order valence-electron chi connectivity index (χ4n) is 2.28. The predicted octanol–water partition coefficient (Wildman–Crippen LogP) is 2.72. The second kappa shape index (κ2) is 4.58. The lowest BCUT2D eigenvalue weighted by atomic mass is 9.75. The molecule has 1 heterocycles. The highest BCUT2D eigenvalue weighted by Gasteiger charge is 2.32. The van der Waals surface area contributed by atoms with Crippen molar-refractivity contribution in [1.29, 1.82) is 0 Å². The van der Waals surface area contributed by atoms with Crippen molar-refractivity contribution in [3.05, 3.63) is 35.4 Å². The number of hydrogen-bond acceptors (Lipinski definition) is 2. The summed E-state index contributed by atoms with van der Waals surface area (Å²) in [6, 6.07) is 8.93. The molecule has 2 N–H and O–H groups in total. The van der Waals surface area contributed by atoms with E-state index in [1.54, 1.807) is 0 Å².